The molecule has 0 aliphatic carbocycles. The molecule has 0 radical (unpaired) electrons. The average Bonchev–Trinajstić information content (AvgIpc) is 3.24. The third kappa shape index (κ3) is 5.28. The second-order valence-corrected chi connectivity index (χ2v) is 8.70. The lowest BCUT2D eigenvalue weighted by molar-refractivity contribution is -0.122. The van der Waals surface area contributed by atoms with Gasteiger partial charge in [-0.3, -0.25) is 9.52 Å². The Morgan fingerprint density at radius 1 is 1.13 bits per heavy atom. The lowest BCUT2D eigenvalue weighted by atomic mass is 10.2. The number of anilines is 2. The Labute approximate surface area is 178 Å². The Morgan fingerprint density at radius 3 is 2.43 bits per heavy atom. The summed E-state index contributed by atoms with van der Waals surface area (Å²) in [5, 5.41) is 4.70. The number of carbonyl (C=O) groups is 1. The molecule has 0 aliphatic heterocycles. The molecule has 0 saturated heterocycles. The lowest BCUT2D eigenvalue weighted by Gasteiger charge is -2.19. The maximum Gasteiger partial charge on any atom is 0.265 e. The van der Waals surface area contributed by atoms with Crippen molar-refractivity contribution in [2.24, 2.45) is 0 Å². The summed E-state index contributed by atoms with van der Waals surface area (Å²) >= 11 is 1.18. The Kier molecular flexibility index (Phi) is 6.91. The maximum atomic E-state index is 12.6. The van der Waals surface area contributed by atoms with Crippen LogP contribution < -0.4 is 19.5 Å². The number of thiazole rings is 1. The predicted molar refractivity (Wildman–Crippen MR) is 116 cm³/mol. The molecule has 30 heavy (non-hydrogen) atoms. The zero-order chi connectivity index (χ0) is 21.6. The predicted octanol–water partition coefficient (Wildman–Crippen LogP) is 3.75. The summed E-state index contributed by atoms with van der Waals surface area (Å²) in [5.74, 6) is 0.655. The van der Waals surface area contributed by atoms with Gasteiger partial charge in [0.25, 0.3) is 15.9 Å². The van der Waals surface area contributed by atoms with Crippen molar-refractivity contribution in [1.82, 2.24) is 4.98 Å². The first-order chi connectivity index (χ1) is 14.4. The third-order valence-electron chi connectivity index (χ3n) is 4.09. The molecule has 0 unspecified atom stereocenters. The molecule has 1 amide bonds. The minimum absolute atomic E-state index is 0.0630. The molecule has 158 valence electrons. The number of para-hydroxylation sites is 2. The van der Waals surface area contributed by atoms with Crippen LogP contribution in [0.15, 0.2) is 65.0 Å². The van der Waals surface area contributed by atoms with Crippen molar-refractivity contribution < 1.29 is 22.7 Å². The van der Waals surface area contributed by atoms with Crippen LogP contribution >= 0.6 is 11.3 Å². The van der Waals surface area contributed by atoms with Crippen LogP contribution in [0.5, 0.6) is 11.5 Å². The fourth-order valence-corrected chi connectivity index (χ4v) is 4.37. The number of rotatable bonds is 9. The van der Waals surface area contributed by atoms with Crippen LogP contribution in [0.4, 0.5) is 10.8 Å². The van der Waals surface area contributed by atoms with E-state index in [0.29, 0.717) is 23.6 Å². The number of hydrogen-bond acceptors (Lipinski definition) is 7. The fourth-order valence-electron chi connectivity index (χ4n) is 2.58. The molecule has 2 aromatic carbocycles. The summed E-state index contributed by atoms with van der Waals surface area (Å²) in [6, 6.07) is 12.9. The standard InChI is InChI=1S/C20H21N3O5S2/c1-3-16(28-18-7-5-4-6-17(18)27-2)19(24)22-14-8-10-15(11-9-14)30(25,26)23-20-21-12-13-29-20/h4-13,16H,3H2,1-2H3,(H,21,23)(H,22,24)/t16-/m1/s1. The summed E-state index contributed by atoms with van der Waals surface area (Å²) in [4.78, 5) is 16.6. The molecule has 0 spiro atoms. The van der Waals surface area contributed by atoms with Crippen LogP contribution in [0.3, 0.4) is 0 Å². The molecule has 1 heterocycles. The van der Waals surface area contributed by atoms with Crippen molar-refractivity contribution >= 4 is 38.1 Å². The monoisotopic (exact) mass is 447 g/mol. The highest BCUT2D eigenvalue weighted by Gasteiger charge is 2.21. The van der Waals surface area contributed by atoms with Gasteiger partial charge in [0, 0.05) is 17.3 Å². The Hall–Kier alpha value is -3.11. The molecule has 0 saturated carbocycles. The zero-order valence-electron chi connectivity index (χ0n) is 16.4. The number of nitrogens with zero attached hydrogens (tertiary/aromatic N) is 1. The number of aromatic nitrogens is 1. The number of hydrogen-bond donors (Lipinski definition) is 2. The second-order valence-electron chi connectivity index (χ2n) is 6.12. The Balaban J connectivity index is 1.67. The van der Waals surface area contributed by atoms with E-state index in [1.54, 1.807) is 23.6 Å². The summed E-state index contributed by atoms with van der Waals surface area (Å²) in [5.41, 5.74) is 0.454. The zero-order valence-corrected chi connectivity index (χ0v) is 18.0. The van der Waals surface area contributed by atoms with Gasteiger partial charge in [-0.15, -0.1) is 11.3 Å². The molecular formula is C20H21N3O5S2. The molecule has 2 N–H and O–H groups in total. The van der Waals surface area contributed by atoms with Crippen LogP contribution in [-0.2, 0) is 14.8 Å². The van der Waals surface area contributed by atoms with E-state index in [1.807, 2.05) is 13.0 Å². The van der Waals surface area contributed by atoms with Gasteiger partial charge in [0.05, 0.1) is 12.0 Å². The number of nitrogens with one attached hydrogen (secondary N) is 2. The topological polar surface area (TPSA) is 107 Å². The largest absolute Gasteiger partial charge is 0.493 e. The highest BCUT2D eigenvalue weighted by Crippen LogP contribution is 2.27. The molecule has 3 aromatic rings. The van der Waals surface area contributed by atoms with E-state index in [4.69, 9.17) is 9.47 Å². The number of ether oxygens (including phenoxy) is 2. The molecule has 0 fully saturated rings. The maximum absolute atomic E-state index is 12.6. The number of methoxy groups -OCH3 is 1. The van der Waals surface area contributed by atoms with E-state index >= 15 is 0 Å². The van der Waals surface area contributed by atoms with Crippen molar-refractivity contribution in [2.75, 3.05) is 17.1 Å². The van der Waals surface area contributed by atoms with Crippen molar-refractivity contribution in [2.45, 2.75) is 24.3 Å². The summed E-state index contributed by atoms with van der Waals surface area (Å²) in [7, 11) is -2.22. The molecular weight excluding hydrogens is 426 g/mol. The van der Waals surface area contributed by atoms with Gasteiger partial charge in [0.1, 0.15) is 0 Å². The van der Waals surface area contributed by atoms with E-state index in [-0.39, 0.29) is 15.9 Å². The first-order valence-electron chi connectivity index (χ1n) is 9.06. The summed E-state index contributed by atoms with van der Waals surface area (Å²) in [6.07, 6.45) is 1.21. The van der Waals surface area contributed by atoms with Crippen molar-refractivity contribution in [3.05, 3.63) is 60.1 Å². The van der Waals surface area contributed by atoms with Gasteiger partial charge >= 0.3 is 0 Å². The van der Waals surface area contributed by atoms with Crippen LogP contribution in [0, 0.1) is 0 Å². The second kappa shape index (κ2) is 9.59. The fraction of sp³-hybridized carbons (Fsp3) is 0.200. The van der Waals surface area contributed by atoms with E-state index in [0.717, 1.165) is 0 Å². The number of carbonyl (C=O) groups excluding carboxylic acids is 1. The van der Waals surface area contributed by atoms with Crippen LogP contribution in [-0.4, -0.2) is 32.5 Å². The van der Waals surface area contributed by atoms with Crippen molar-refractivity contribution in [3.8, 4) is 11.5 Å². The third-order valence-corrected chi connectivity index (χ3v) is 6.26. The van der Waals surface area contributed by atoms with Crippen LogP contribution in [0.1, 0.15) is 13.3 Å². The SMILES string of the molecule is CC[C@@H](Oc1ccccc1OC)C(=O)Nc1ccc(S(=O)(=O)Nc2nccs2)cc1. The number of sulfonamides is 1. The van der Waals surface area contributed by atoms with E-state index < -0.39 is 16.1 Å². The van der Waals surface area contributed by atoms with E-state index in [2.05, 4.69) is 15.0 Å². The summed E-state index contributed by atoms with van der Waals surface area (Å²) in [6.45, 7) is 1.83. The van der Waals surface area contributed by atoms with E-state index in [9.17, 15) is 13.2 Å². The van der Waals surface area contributed by atoms with Crippen LogP contribution in [0.25, 0.3) is 0 Å². The number of amides is 1. The molecule has 8 nitrogen and oxygen atoms in total. The van der Waals surface area contributed by atoms with Gasteiger partial charge in [0.2, 0.25) is 0 Å². The molecule has 3 rings (SSSR count). The average molecular weight is 448 g/mol. The van der Waals surface area contributed by atoms with Crippen LogP contribution in [0.2, 0.25) is 0 Å². The highest BCUT2D eigenvalue weighted by molar-refractivity contribution is 7.93. The summed E-state index contributed by atoms with van der Waals surface area (Å²) < 4.78 is 38.2. The minimum Gasteiger partial charge on any atom is -0.493 e. The smallest absolute Gasteiger partial charge is 0.265 e. The minimum atomic E-state index is -3.75. The first-order valence-corrected chi connectivity index (χ1v) is 11.4. The van der Waals surface area contributed by atoms with E-state index in [1.165, 1.54) is 48.9 Å². The Bertz CT molecular complexity index is 1080. The van der Waals surface area contributed by atoms with Gasteiger partial charge in [-0.05, 0) is 42.8 Å². The molecule has 0 bridgehead atoms. The Morgan fingerprint density at radius 2 is 1.83 bits per heavy atom. The lowest BCUT2D eigenvalue weighted by Crippen LogP contribution is -2.32. The quantitative estimate of drug-likeness (QED) is 0.517. The first kappa shape index (κ1) is 21.6. The highest BCUT2D eigenvalue weighted by atomic mass is 32.2. The van der Waals surface area contributed by atoms with Gasteiger partial charge in [0.15, 0.2) is 22.7 Å². The molecule has 0 aliphatic rings. The molecule has 1 atom stereocenters. The van der Waals surface area contributed by atoms with Crippen molar-refractivity contribution in [3.63, 3.8) is 0 Å². The number of benzene rings is 2. The van der Waals surface area contributed by atoms with Crippen molar-refractivity contribution in [1.29, 1.82) is 0 Å². The van der Waals surface area contributed by atoms with Gasteiger partial charge in [-0.25, -0.2) is 13.4 Å². The normalized spacial score (nSPS) is 12.1. The molecule has 10 heteroatoms. The van der Waals surface area contributed by atoms with Gasteiger partial charge < -0.3 is 14.8 Å². The molecule has 1 aromatic heterocycles. The van der Waals surface area contributed by atoms with Gasteiger partial charge in [-0.1, -0.05) is 19.1 Å². The van der Waals surface area contributed by atoms with Gasteiger partial charge in [-0.2, -0.15) is 0 Å².